The van der Waals surface area contributed by atoms with Gasteiger partial charge in [-0.25, -0.2) is 0 Å². The Morgan fingerprint density at radius 3 is 3.00 bits per heavy atom. The summed E-state index contributed by atoms with van der Waals surface area (Å²) in [5.74, 6) is 1.74. The van der Waals surface area contributed by atoms with E-state index in [-0.39, 0.29) is 5.78 Å². The Kier molecular flexibility index (Phi) is 2.49. The number of allylic oxidation sites excluding steroid dienone is 1. The molecule has 0 unspecified atom stereocenters. The summed E-state index contributed by atoms with van der Waals surface area (Å²) >= 11 is 0. The summed E-state index contributed by atoms with van der Waals surface area (Å²) in [6.45, 7) is 1.68. The molecule has 0 saturated heterocycles. The van der Waals surface area contributed by atoms with E-state index in [2.05, 4.69) is 0 Å². The Hall–Kier alpha value is -1.75. The fraction of sp³-hybridized carbons (Fsp3) is 0.100. The van der Waals surface area contributed by atoms with E-state index >= 15 is 0 Å². The molecule has 1 aromatic rings. The van der Waals surface area contributed by atoms with Crippen LogP contribution >= 0.6 is 0 Å². The van der Waals surface area contributed by atoms with Gasteiger partial charge in [-0.05, 0) is 25.0 Å². The molecule has 0 atom stereocenters. The Balaban J connectivity index is 2.85. The quantitative estimate of drug-likeness (QED) is 0.375. The van der Waals surface area contributed by atoms with Crippen molar-refractivity contribution in [2.24, 2.45) is 0 Å². The van der Waals surface area contributed by atoms with Gasteiger partial charge in [-0.1, -0.05) is 0 Å². The molecule has 0 bridgehead atoms. The van der Waals surface area contributed by atoms with Crippen LogP contribution < -0.4 is 0 Å². The average Bonchev–Trinajstić information content (AvgIpc) is 2.55. The first-order chi connectivity index (χ1) is 5.74. The van der Waals surface area contributed by atoms with E-state index < -0.39 is 0 Å². The molecule has 0 fully saturated rings. The summed E-state index contributed by atoms with van der Waals surface area (Å²) in [7, 11) is 0. The second-order valence-electron chi connectivity index (χ2n) is 2.36. The number of rotatable bonds is 2. The van der Waals surface area contributed by atoms with E-state index in [1.807, 2.05) is 5.92 Å². The van der Waals surface area contributed by atoms with Crippen molar-refractivity contribution in [2.75, 3.05) is 0 Å². The van der Waals surface area contributed by atoms with E-state index in [4.69, 9.17) is 10.8 Å². The van der Waals surface area contributed by atoms with E-state index in [0.717, 1.165) is 5.56 Å². The predicted molar refractivity (Wildman–Crippen MR) is 46.2 cm³/mol. The van der Waals surface area contributed by atoms with Gasteiger partial charge in [0, 0.05) is 11.1 Å². The molecule has 2 heteroatoms. The van der Waals surface area contributed by atoms with Gasteiger partial charge in [-0.15, -0.1) is 6.42 Å². The van der Waals surface area contributed by atoms with Crippen LogP contribution in [-0.2, 0) is 4.79 Å². The maximum absolute atomic E-state index is 10.9. The van der Waals surface area contributed by atoms with E-state index in [1.54, 1.807) is 31.6 Å². The fourth-order valence-corrected chi connectivity index (χ4v) is 0.787. The lowest BCUT2D eigenvalue weighted by Crippen LogP contribution is -1.93. The summed E-state index contributed by atoms with van der Waals surface area (Å²) in [6, 6.07) is 1.76. The fourth-order valence-electron chi connectivity index (χ4n) is 0.787. The highest BCUT2D eigenvalue weighted by Crippen LogP contribution is 2.07. The molecular weight excluding hydrogens is 152 g/mol. The molecule has 0 aliphatic carbocycles. The van der Waals surface area contributed by atoms with Crippen LogP contribution in [0.2, 0.25) is 0 Å². The maximum atomic E-state index is 10.9. The highest BCUT2D eigenvalue weighted by atomic mass is 16.3. The van der Waals surface area contributed by atoms with Gasteiger partial charge in [0.15, 0.2) is 0 Å². The van der Waals surface area contributed by atoms with Crippen LogP contribution in [0.1, 0.15) is 12.5 Å². The number of furan rings is 1. The van der Waals surface area contributed by atoms with Gasteiger partial charge in [0.2, 0.25) is 5.78 Å². The molecule has 12 heavy (non-hydrogen) atoms. The molecule has 0 aliphatic heterocycles. The van der Waals surface area contributed by atoms with Crippen LogP contribution in [0, 0.1) is 12.3 Å². The summed E-state index contributed by atoms with van der Waals surface area (Å²) in [6.07, 6.45) is 9.71. The van der Waals surface area contributed by atoms with Crippen molar-refractivity contribution in [2.45, 2.75) is 6.92 Å². The third-order valence-electron chi connectivity index (χ3n) is 1.42. The monoisotopic (exact) mass is 160 g/mol. The van der Waals surface area contributed by atoms with Gasteiger partial charge >= 0.3 is 0 Å². The number of terminal acetylenes is 1. The molecule has 0 amide bonds. The summed E-state index contributed by atoms with van der Waals surface area (Å²) < 4.78 is 4.82. The van der Waals surface area contributed by atoms with E-state index in [9.17, 15) is 4.79 Å². The molecular formula is C10H8O2. The first-order valence-electron chi connectivity index (χ1n) is 3.45. The lowest BCUT2D eigenvalue weighted by Gasteiger charge is -1.89. The normalized spacial score (nSPS) is 10.8. The highest BCUT2D eigenvalue weighted by molar-refractivity contribution is 6.10. The SMILES string of the molecule is C#CC(=O)/C(C)=C/c1ccoc1. The van der Waals surface area contributed by atoms with Crippen molar-refractivity contribution < 1.29 is 9.21 Å². The van der Waals surface area contributed by atoms with E-state index in [0.29, 0.717) is 5.57 Å². The zero-order valence-corrected chi connectivity index (χ0v) is 6.70. The number of hydrogen-bond donors (Lipinski definition) is 0. The van der Waals surface area contributed by atoms with E-state index in [1.165, 1.54) is 0 Å². The number of Topliss-reactive ketones (excluding diaryl/α,β-unsaturated/α-hetero) is 1. The number of carbonyl (C=O) groups excluding carboxylic acids is 1. The molecule has 1 aromatic heterocycles. The van der Waals surface area contributed by atoms with Gasteiger partial charge in [0.25, 0.3) is 0 Å². The van der Waals surface area contributed by atoms with Gasteiger partial charge in [-0.3, -0.25) is 4.79 Å². The smallest absolute Gasteiger partial charge is 0.231 e. The molecule has 60 valence electrons. The second kappa shape index (κ2) is 3.59. The van der Waals surface area contributed by atoms with Crippen LogP contribution in [0.4, 0.5) is 0 Å². The molecule has 0 spiro atoms. The van der Waals surface area contributed by atoms with Crippen LogP contribution in [-0.4, -0.2) is 5.78 Å². The van der Waals surface area contributed by atoms with Crippen molar-refractivity contribution in [3.63, 3.8) is 0 Å². The molecule has 0 saturated carbocycles. The van der Waals surface area contributed by atoms with Crippen LogP contribution in [0.3, 0.4) is 0 Å². The zero-order chi connectivity index (χ0) is 8.97. The Morgan fingerprint density at radius 1 is 1.75 bits per heavy atom. The Morgan fingerprint density at radius 2 is 2.50 bits per heavy atom. The van der Waals surface area contributed by atoms with Crippen molar-refractivity contribution in [1.82, 2.24) is 0 Å². The molecule has 1 rings (SSSR count). The Labute approximate surface area is 70.9 Å². The zero-order valence-electron chi connectivity index (χ0n) is 6.70. The maximum Gasteiger partial charge on any atom is 0.231 e. The number of ketones is 1. The molecule has 2 nitrogen and oxygen atoms in total. The first-order valence-corrected chi connectivity index (χ1v) is 3.45. The molecule has 0 radical (unpaired) electrons. The Bertz CT molecular complexity index is 336. The summed E-state index contributed by atoms with van der Waals surface area (Å²) in [5.41, 5.74) is 1.38. The standard InChI is InChI=1S/C10H8O2/c1-3-10(11)8(2)6-9-4-5-12-7-9/h1,4-7H,2H3/b8-6+. The minimum atomic E-state index is -0.295. The molecule has 0 N–H and O–H groups in total. The minimum Gasteiger partial charge on any atom is -0.472 e. The highest BCUT2D eigenvalue weighted by Gasteiger charge is 1.99. The van der Waals surface area contributed by atoms with Crippen molar-refractivity contribution >= 4 is 11.9 Å². The van der Waals surface area contributed by atoms with Crippen molar-refractivity contribution in [3.05, 3.63) is 29.7 Å². The summed E-state index contributed by atoms with van der Waals surface area (Å²) in [5, 5.41) is 0. The first kappa shape index (κ1) is 8.35. The second-order valence-corrected chi connectivity index (χ2v) is 2.36. The van der Waals surface area contributed by atoms with Crippen LogP contribution in [0.5, 0.6) is 0 Å². The largest absolute Gasteiger partial charge is 0.472 e. The predicted octanol–water partition coefficient (Wildman–Crippen LogP) is 1.89. The number of carbonyl (C=O) groups is 1. The summed E-state index contributed by atoms with van der Waals surface area (Å²) in [4.78, 5) is 10.9. The van der Waals surface area contributed by atoms with Gasteiger partial charge < -0.3 is 4.42 Å². The topological polar surface area (TPSA) is 30.2 Å². The van der Waals surface area contributed by atoms with Gasteiger partial charge in [-0.2, -0.15) is 0 Å². The van der Waals surface area contributed by atoms with Crippen molar-refractivity contribution in [3.8, 4) is 12.3 Å². The third kappa shape index (κ3) is 1.86. The lowest BCUT2D eigenvalue weighted by molar-refractivity contribution is -0.110. The van der Waals surface area contributed by atoms with Crippen LogP contribution in [0.15, 0.2) is 28.6 Å². The number of hydrogen-bond acceptors (Lipinski definition) is 2. The van der Waals surface area contributed by atoms with Gasteiger partial charge in [0.1, 0.15) is 0 Å². The molecule has 1 heterocycles. The van der Waals surface area contributed by atoms with Crippen molar-refractivity contribution in [1.29, 1.82) is 0 Å². The minimum absolute atomic E-state index is 0.295. The third-order valence-corrected chi connectivity index (χ3v) is 1.42. The van der Waals surface area contributed by atoms with Gasteiger partial charge in [0.05, 0.1) is 12.5 Å². The lowest BCUT2D eigenvalue weighted by atomic mass is 10.1. The molecule has 0 aromatic carbocycles. The molecule has 0 aliphatic rings. The van der Waals surface area contributed by atoms with Crippen LogP contribution in [0.25, 0.3) is 6.08 Å². The average molecular weight is 160 g/mol.